The Labute approximate surface area is 158 Å². The molecular formula is C22H21N3O2. The Kier molecular flexibility index (Phi) is 4.75. The second kappa shape index (κ2) is 7.50. The number of aromatic nitrogens is 1. The Morgan fingerprint density at radius 2 is 1.89 bits per heavy atom. The molecule has 0 saturated carbocycles. The summed E-state index contributed by atoms with van der Waals surface area (Å²) in [5.74, 6) is 1.27. The van der Waals surface area contributed by atoms with Crippen LogP contribution < -0.4 is 15.0 Å². The number of ether oxygens (including phenoxy) is 1. The second-order valence-electron chi connectivity index (χ2n) is 6.44. The van der Waals surface area contributed by atoms with Crippen molar-refractivity contribution < 1.29 is 9.53 Å². The van der Waals surface area contributed by atoms with Crippen molar-refractivity contribution in [3.05, 3.63) is 78.0 Å². The van der Waals surface area contributed by atoms with Gasteiger partial charge in [0.1, 0.15) is 11.6 Å². The normalized spacial score (nSPS) is 13.0. The molecule has 4 rings (SSSR count). The lowest BCUT2D eigenvalue weighted by Gasteiger charge is -2.31. The first-order valence-corrected chi connectivity index (χ1v) is 9.02. The van der Waals surface area contributed by atoms with E-state index in [1.54, 1.807) is 19.4 Å². The van der Waals surface area contributed by atoms with Crippen molar-refractivity contribution in [1.82, 2.24) is 4.98 Å². The molecule has 1 aliphatic heterocycles. The molecule has 1 aliphatic rings. The standard InChI is InChI=1S/C22H21N3O2/c1-27-18-12-10-17(11-13-18)24-22(26)19-8-4-14-23-21(19)25-15-5-7-16-6-2-3-9-20(16)25/h2-4,6,8-14H,5,7,15H2,1H3,(H,24,26). The van der Waals surface area contributed by atoms with Crippen LogP contribution >= 0.6 is 0 Å². The summed E-state index contributed by atoms with van der Waals surface area (Å²) in [4.78, 5) is 19.6. The van der Waals surface area contributed by atoms with Crippen LogP contribution in [0.3, 0.4) is 0 Å². The highest BCUT2D eigenvalue weighted by Crippen LogP contribution is 2.34. The van der Waals surface area contributed by atoms with E-state index in [1.165, 1.54) is 5.56 Å². The van der Waals surface area contributed by atoms with Gasteiger partial charge in [-0.1, -0.05) is 18.2 Å². The maximum absolute atomic E-state index is 12.9. The quantitative estimate of drug-likeness (QED) is 0.749. The first-order valence-electron chi connectivity index (χ1n) is 9.02. The first-order chi connectivity index (χ1) is 13.3. The number of rotatable bonds is 4. The number of para-hydroxylation sites is 1. The fourth-order valence-electron chi connectivity index (χ4n) is 3.42. The fourth-order valence-corrected chi connectivity index (χ4v) is 3.42. The lowest BCUT2D eigenvalue weighted by molar-refractivity contribution is 0.102. The van der Waals surface area contributed by atoms with E-state index in [2.05, 4.69) is 33.4 Å². The molecule has 0 radical (unpaired) electrons. The highest BCUT2D eigenvalue weighted by molar-refractivity contribution is 6.08. The number of carbonyl (C=O) groups is 1. The third kappa shape index (κ3) is 3.49. The molecule has 0 spiro atoms. The van der Waals surface area contributed by atoms with E-state index >= 15 is 0 Å². The van der Waals surface area contributed by atoms with E-state index in [0.29, 0.717) is 11.4 Å². The zero-order valence-electron chi connectivity index (χ0n) is 15.2. The van der Waals surface area contributed by atoms with E-state index < -0.39 is 0 Å². The van der Waals surface area contributed by atoms with Crippen molar-refractivity contribution in [2.75, 3.05) is 23.9 Å². The molecule has 0 atom stereocenters. The molecular weight excluding hydrogens is 338 g/mol. The van der Waals surface area contributed by atoms with Crippen LogP contribution in [0.5, 0.6) is 5.75 Å². The zero-order chi connectivity index (χ0) is 18.6. The third-order valence-electron chi connectivity index (χ3n) is 4.75. The van der Waals surface area contributed by atoms with Crippen LogP contribution in [0.2, 0.25) is 0 Å². The number of benzene rings is 2. The topological polar surface area (TPSA) is 54.5 Å². The highest BCUT2D eigenvalue weighted by Gasteiger charge is 2.23. The summed E-state index contributed by atoms with van der Waals surface area (Å²) >= 11 is 0. The molecule has 1 amide bonds. The number of pyridine rings is 1. The molecule has 1 N–H and O–H groups in total. The van der Waals surface area contributed by atoms with E-state index in [0.717, 1.165) is 36.5 Å². The van der Waals surface area contributed by atoms with Gasteiger partial charge in [0.15, 0.2) is 0 Å². The minimum atomic E-state index is -0.175. The van der Waals surface area contributed by atoms with Crippen LogP contribution in [0.4, 0.5) is 17.2 Å². The van der Waals surface area contributed by atoms with Gasteiger partial charge >= 0.3 is 0 Å². The molecule has 0 bridgehead atoms. The first kappa shape index (κ1) is 17.1. The summed E-state index contributed by atoms with van der Waals surface area (Å²) in [6, 6.07) is 19.2. The molecule has 27 heavy (non-hydrogen) atoms. The summed E-state index contributed by atoms with van der Waals surface area (Å²) in [5.41, 5.74) is 3.69. The Morgan fingerprint density at radius 1 is 1.07 bits per heavy atom. The molecule has 0 fully saturated rings. The van der Waals surface area contributed by atoms with Gasteiger partial charge in [0, 0.05) is 24.1 Å². The van der Waals surface area contributed by atoms with Gasteiger partial charge < -0.3 is 15.0 Å². The summed E-state index contributed by atoms with van der Waals surface area (Å²) < 4.78 is 5.16. The number of fused-ring (bicyclic) bond motifs is 1. The molecule has 2 heterocycles. The third-order valence-corrected chi connectivity index (χ3v) is 4.75. The van der Waals surface area contributed by atoms with Gasteiger partial charge in [-0.15, -0.1) is 0 Å². The number of nitrogens with zero attached hydrogens (tertiary/aromatic N) is 2. The predicted octanol–water partition coefficient (Wildman–Crippen LogP) is 4.43. The molecule has 5 nitrogen and oxygen atoms in total. The maximum Gasteiger partial charge on any atom is 0.259 e. The Balaban J connectivity index is 1.64. The monoisotopic (exact) mass is 359 g/mol. The van der Waals surface area contributed by atoms with Crippen molar-refractivity contribution in [3.63, 3.8) is 0 Å². The second-order valence-corrected chi connectivity index (χ2v) is 6.44. The predicted molar refractivity (Wildman–Crippen MR) is 107 cm³/mol. The molecule has 3 aromatic rings. The molecule has 0 saturated heterocycles. The molecule has 1 aromatic heterocycles. The van der Waals surface area contributed by atoms with Crippen LogP contribution in [0, 0.1) is 0 Å². The van der Waals surface area contributed by atoms with E-state index in [4.69, 9.17) is 4.74 Å². The minimum Gasteiger partial charge on any atom is -0.497 e. The maximum atomic E-state index is 12.9. The average molecular weight is 359 g/mol. The molecule has 136 valence electrons. The molecule has 0 aliphatic carbocycles. The number of anilines is 3. The number of hydrogen-bond donors (Lipinski definition) is 1. The molecule has 2 aromatic carbocycles. The van der Waals surface area contributed by atoms with Crippen molar-refractivity contribution in [2.24, 2.45) is 0 Å². The number of carbonyl (C=O) groups excluding carboxylic acids is 1. The highest BCUT2D eigenvalue weighted by atomic mass is 16.5. The number of amides is 1. The summed E-state index contributed by atoms with van der Waals surface area (Å²) in [6.07, 6.45) is 3.82. The smallest absolute Gasteiger partial charge is 0.259 e. The minimum absolute atomic E-state index is 0.175. The SMILES string of the molecule is COc1ccc(NC(=O)c2cccnc2N2CCCc3ccccc32)cc1. The van der Waals surface area contributed by atoms with Gasteiger partial charge in [-0.3, -0.25) is 4.79 Å². The van der Waals surface area contributed by atoms with Gasteiger partial charge in [-0.05, 0) is 60.9 Å². The Morgan fingerprint density at radius 3 is 2.70 bits per heavy atom. The lowest BCUT2D eigenvalue weighted by atomic mass is 10.0. The number of hydrogen-bond acceptors (Lipinski definition) is 4. The van der Waals surface area contributed by atoms with Crippen LogP contribution in [0.1, 0.15) is 22.3 Å². The average Bonchev–Trinajstić information content (AvgIpc) is 2.74. The summed E-state index contributed by atoms with van der Waals surface area (Å²) in [7, 11) is 1.62. The fraction of sp³-hybridized carbons (Fsp3) is 0.182. The summed E-state index contributed by atoms with van der Waals surface area (Å²) in [6.45, 7) is 0.844. The van der Waals surface area contributed by atoms with Crippen LogP contribution in [0.25, 0.3) is 0 Å². The van der Waals surface area contributed by atoms with Crippen molar-refractivity contribution in [2.45, 2.75) is 12.8 Å². The van der Waals surface area contributed by atoms with Gasteiger partial charge in [0.25, 0.3) is 5.91 Å². The van der Waals surface area contributed by atoms with Crippen LogP contribution in [-0.4, -0.2) is 24.5 Å². The number of methoxy groups -OCH3 is 1. The van der Waals surface area contributed by atoms with Crippen molar-refractivity contribution in [3.8, 4) is 5.75 Å². The molecule has 5 heteroatoms. The van der Waals surface area contributed by atoms with Gasteiger partial charge in [-0.2, -0.15) is 0 Å². The van der Waals surface area contributed by atoms with E-state index in [9.17, 15) is 4.79 Å². The number of nitrogens with one attached hydrogen (secondary N) is 1. The van der Waals surface area contributed by atoms with E-state index in [1.807, 2.05) is 36.4 Å². The van der Waals surface area contributed by atoms with Crippen LogP contribution in [-0.2, 0) is 6.42 Å². The zero-order valence-corrected chi connectivity index (χ0v) is 15.2. The largest absolute Gasteiger partial charge is 0.497 e. The van der Waals surface area contributed by atoms with Crippen molar-refractivity contribution >= 4 is 23.1 Å². The lowest BCUT2D eigenvalue weighted by Crippen LogP contribution is -2.28. The van der Waals surface area contributed by atoms with Gasteiger partial charge in [-0.25, -0.2) is 4.98 Å². The molecule has 0 unspecified atom stereocenters. The van der Waals surface area contributed by atoms with Gasteiger partial charge in [0.05, 0.1) is 12.7 Å². The Hall–Kier alpha value is -3.34. The van der Waals surface area contributed by atoms with E-state index in [-0.39, 0.29) is 5.91 Å². The van der Waals surface area contributed by atoms with Crippen LogP contribution in [0.15, 0.2) is 66.9 Å². The van der Waals surface area contributed by atoms with Crippen molar-refractivity contribution in [1.29, 1.82) is 0 Å². The summed E-state index contributed by atoms with van der Waals surface area (Å²) in [5, 5.41) is 2.95. The Bertz CT molecular complexity index is 954. The van der Waals surface area contributed by atoms with Gasteiger partial charge in [0.2, 0.25) is 0 Å². The number of aryl methyl sites for hydroxylation is 1.